The van der Waals surface area contributed by atoms with Crippen LogP contribution >= 0.6 is 39.0 Å². The third kappa shape index (κ3) is 5.16. The van der Waals surface area contributed by atoms with Gasteiger partial charge in [-0.3, -0.25) is 9.36 Å². The molecule has 0 saturated heterocycles. The number of nitrogens with zero attached hydrogens (tertiary/aromatic N) is 2. The van der Waals surface area contributed by atoms with Crippen molar-refractivity contribution in [2.24, 2.45) is 4.99 Å². The second-order valence-electron chi connectivity index (χ2n) is 8.27. The molecule has 2 aromatic heterocycles. The molecule has 0 radical (unpaired) electrons. The van der Waals surface area contributed by atoms with Gasteiger partial charge in [-0.1, -0.05) is 53.4 Å². The van der Waals surface area contributed by atoms with Gasteiger partial charge in [0.25, 0.3) is 5.56 Å². The molecule has 194 valence electrons. The number of aromatic nitrogens is 1. The molecule has 10 heteroatoms. The SMILES string of the molecule is CCOC(=O)C1=C(C)N=c2s/c(=C/c3cc(Br)c(Sc4ccccc4)o3)c(=O)n2[C@H]1c1ccc(OC)cc1. The number of furan rings is 1. The predicted octanol–water partition coefficient (Wildman–Crippen LogP) is 5.31. The van der Waals surface area contributed by atoms with Crippen LogP contribution in [0.25, 0.3) is 6.08 Å². The number of carbonyl (C=O) groups is 1. The lowest BCUT2D eigenvalue weighted by Crippen LogP contribution is -2.39. The number of fused-ring (bicyclic) bond motifs is 1. The van der Waals surface area contributed by atoms with E-state index in [0.717, 1.165) is 14.9 Å². The highest BCUT2D eigenvalue weighted by molar-refractivity contribution is 9.10. The normalized spacial score (nSPS) is 15.3. The molecular weight excluding hydrogens is 588 g/mol. The lowest BCUT2D eigenvalue weighted by atomic mass is 9.96. The minimum absolute atomic E-state index is 0.214. The lowest BCUT2D eigenvalue weighted by molar-refractivity contribution is -0.139. The molecule has 7 nitrogen and oxygen atoms in total. The highest BCUT2D eigenvalue weighted by Gasteiger charge is 2.33. The van der Waals surface area contributed by atoms with Crippen molar-refractivity contribution in [3.63, 3.8) is 0 Å². The Bertz CT molecular complexity index is 1700. The van der Waals surface area contributed by atoms with Crippen LogP contribution in [0.5, 0.6) is 5.75 Å². The molecule has 0 saturated carbocycles. The van der Waals surface area contributed by atoms with Crippen molar-refractivity contribution in [1.82, 2.24) is 4.57 Å². The fraction of sp³-hybridized carbons (Fsp3) is 0.179. The van der Waals surface area contributed by atoms with Crippen molar-refractivity contribution in [3.8, 4) is 5.75 Å². The number of methoxy groups -OCH3 is 1. The standard InChI is InChI=1S/C28H23BrN2O5S2/c1-4-35-26(33)23-16(2)30-28-31(24(23)17-10-12-18(34-3)13-11-17)25(32)22(38-28)15-19-14-21(29)27(36-19)37-20-8-6-5-7-9-20/h5-15,24H,4H2,1-3H3/b22-15+/t24-/m0/s1. The fourth-order valence-electron chi connectivity index (χ4n) is 4.13. The van der Waals surface area contributed by atoms with Gasteiger partial charge in [-0.05, 0) is 65.7 Å². The monoisotopic (exact) mass is 610 g/mol. The third-order valence-corrected chi connectivity index (χ3v) is 8.68. The summed E-state index contributed by atoms with van der Waals surface area (Å²) < 4.78 is 19.5. The third-order valence-electron chi connectivity index (χ3n) is 5.85. The minimum atomic E-state index is -0.689. The van der Waals surface area contributed by atoms with Crippen LogP contribution in [0.1, 0.15) is 31.2 Å². The van der Waals surface area contributed by atoms with Crippen molar-refractivity contribution in [1.29, 1.82) is 0 Å². The summed E-state index contributed by atoms with van der Waals surface area (Å²) in [6.07, 6.45) is 1.71. The zero-order valence-electron chi connectivity index (χ0n) is 20.8. The first-order valence-electron chi connectivity index (χ1n) is 11.8. The molecular formula is C28H23BrN2O5S2. The smallest absolute Gasteiger partial charge is 0.338 e. The van der Waals surface area contributed by atoms with E-state index in [-0.39, 0.29) is 12.2 Å². The summed E-state index contributed by atoms with van der Waals surface area (Å²) in [6.45, 7) is 3.72. The Morgan fingerprint density at radius 1 is 1.21 bits per heavy atom. The highest BCUT2D eigenvalue weighted by Crippen LogP contribution is 2.36. The van der Waals surface area contributed by atoms with E-state index in [1.807, 2.05) is 48.5 Å². The molecule has 0 bridgehead atoms. The molecule has 1 aliphatic heterocycles. The Morgan fingerprint density at radius 3 is 2.63 bits per heavy atom. The molecule has 5 rings (SSSR count). The van der Waals surface area contributed by atoms with Crippen molar-refractivity contribution in [2.45, 2.75) is 29.9 Å². The maximum absolute atomic E-state index is 13.8. The van der Waals surface area contributed by atoms with Gasteiger partial charge in [-0.25, -0.2) is 9.79 Å². The molecule has 0 amide bonds. The number of benzene rings is 2. The molecule has 4 aromatic rings. The zero-order valence-corrected chi connectivity index (χ0v) is 24.0. The van der Waals surface area contributed by atoms with Gasteiger partial charge in [0.05, 0.1) is 40.0 Å². The van der Waals surface area contributed by atoms with E-state index in [2.05, 4.69) is 20.9 Å². The van der Waals surface area contributed by atoms with Crippen LogP contribution in [0.15, 0.2) is 101 Å². The van der Waals surface area contributed by atoms with Crippen LogP contribution in [0.4, 0.5) is 0 Å². The Hall–Kier alpha value is -3.34. The molecule has 0 spiro atoms. The molecule has 0 aliphatic carbocycles. The van der Waals surface area contributed by atoms with E-state index < -0.39 is 12.0 Å². The van der Waals surface area contributed by atoms with Crippen LogP contribution in [0.3, 0.4) is 0 Å². The number of rotatable bonds is 7. The lowest BCUT2D eigenvalue weighted by Gasteiger charge is -2.24. The van der Waals surface area contributed by atoms with E-state index in [0.29, 0.717) is 37.2 Å². The van der Waals surface area contributed by atoms with Gasteiger partial charge in [0.15, 0.2) is 9.89 Å². The molecule has 1 aliphatic rings. The average molecular weight is 612 g/mol. The summed E-state index contributed by atoms with van der Waals surface area (Å²) >= 11 is 6.29. The summed E-state index contributed by atoms with van der Waals surface area (Å²) in [7, 11) is 1.59. The minimum Gasteiger partial charge on any atom is -0.497 e. The molecule has 2 aromatic carbocycles. The average Bonchev–Trinajstić information content (AvgIpc) is 3.41. The summed E-state index contributed by atoms with van der Waals surface area (Å²) in [5, 5.41) is 0.687. The second kappa shape index (κ2) is 11.2. The molecule has 0 fully saturated rings. The number of ether oxygens (including phenoxy) is 2. The van der Waals surface area contributed by atoms with Crippen molar-refractivity contribution < 1.29 is 18.7 Å². The summed E-state index contributed by atoms with van der Waals surface area (Å²) in [6, 6.07) is 18.3. The summed E-state index contributed by atoms with van der Waals surface area (Å²) in [5.41, 5.74) is 1.32. The van der Waals surface area contributed by atoms with Gasteiger partial charge in [-0.2, -0.15) is 0 Å². The van der Waals surface area contributed by atoms with Gasteiger partial charge in [0.2, 0.25) is 0 Å². The van der Waals surface area contributed by atoms with Crippen LogP contribution in [-0.2, 0) is 9.53 Å². The largest absolute Gasteiger partial charge is 0.497 e. The van der Waals surface area contributed by atoms with Crippen LogP contribution in [-0.4, -0.2) is 24.3 Å². The van der Waals surface area contributed by atoms with Gasteiger partial charge in [0.1, 0.15) is 11.5 Å². The number of thiazole rings is 1. The van der Waals surface area contributed by atoms with Crippen molar-refractivity contribution >= 4 is 51.1 Å². The Kier molecular flexibility index (Phi) is 7.73. The maximum atomic E-state index is 13.8. The highest BCUT2D eigenvalue weighted by atomic mass is 79.9. The number of carbonyl (C=O) groups excluding carboxylic acids is 1. The van der Waals surface area contributed by atoms with Crippen LogP contribution < -0.4 is 19.6 Å². The van der Waals surface area contributed by atoms with Crippen molar-refractivity contribution in [2.75, 3.05) is 13.7 Å². The Morgan fingerprint density at radius 2 is 1.95 bits per heavy atom. The van der Waals surface area contributed by atoms with Crippen molar-refractivity contribution in [3.05, 3.63) is 107 Å². The van der Waals surface area contributed by atoms with E-state index >= 15 is 0 Å². The van der Waals surface area contributed by atoms with Gasteiger partial charge in [-0.15, -0.1) is 0 Å². The molecule has 1 atom stereocenters. The summed E-state index contributed by atoms with van der Waals surface area (Å²) in [5.74, 6) is 0.705. The molecule has 0 N–H and O–H groups in total. The Labute approximate surface area is 235 Å². The number of hydrogen-bond donors (Lipinski definition) is 0. The first kappa shape index (κ1) is 26.3. The first-order chi connectivity index (χ1) is 18.4. The Balaban J connectivity index is 1.61. The molecule has 3 heterocycles. The number of esters is 1. The maximum Gasteiger partial charge on any atom is 0.338 e. The summed E-state index contributed by atoms with van der Waals surface area (Å²) in [4.78, 5) is 32.9. The van der Waals surface area contributed by atoms with Crippen LogP contribution in [0.2, 0.25) is 0 Å². The quantitative estimate of drug-likeness (QED) is 0.264. The van der Waals surface area contributed by atoms with E-state index in [1.54, 1.807) is 43.7 Å². The van der Waals surface area contributed by atoms with Gasteiger partial charge < -0.3 is 13.9 Å². The van der Waals surface area contributed by atoms with Gasteiger partial charge in [0, 0.05) is 11.0 Å². The van der Waals surface area contributed by atoms with E-state index in [9.17, 15) is 9.59 Å². The number of hydrogen-bond acceptors (Lipinski definition) is 8. The topological polar surface area (TPSA) is 83.0 Å². The molecule has 0 unspecified atom stereocenters. The van der Waals surface area contributed by atoms with Gasteiger partial charge >= 0.3 is 5.97 Å². The zero-order chi connectivity index (χ0) is 26.8. The fourth-order valence-corrected chi connectivity index (χ4v) is 6.51. The predicted molar refractivity (Wildman–Crippen MR) is 150 cm³/mol. The van der Waals surface area contributed by atoms with E-state index in [1.165, 1.54) is 23.1 Å². The number of halogens is 1. The first-order valence-corrected chi connectivity index (χ1v) is 14.2. The second-order valence-corrected chi connectivity index (χ2v) is 11.2. The van der Waals surface area contributed by atoms with E-state index in [4.69, 9.17) is 13.9 Å². The molecule has 38 heavy (non-hydrogen) atoms. The van der Waals surface area contributed by atoms with Crippen LogP contribution in [0, 0.1) is 0 Å². The number of allylic oxidation sites excluding steroid dienone is 1.